The minimum absolute atomic E-state index is 0.582. The molecule has 1 aromatic heterocycles. The van der Waals surface area contributed by atoms with E-state index in [-0.39, 0.29) is 0 Å². The fourth-order valence-electron chi connectivity index (χ4n) is 2.02. The zero-order valence-corrected chi connectivity index (χ0v) is 10.6. The van der Waals surface area contributed by atoms with Crippen LogP contribution in [0.15, 0.2) is 79.1 Å². The van der Waals surface area contributed by atoms with Gasteiger partial charge in [-0.15, -0.1) is 0 Å². The van der Waals surface area contributed by atoms with Crippen LogP contribution in [0.25, 0.3) is 5.69 Å². The molecule has 0 aliphatic rings. The third kappa shape index (κ3) is 2.68. The van der Waals surface area contributed by atoms with Crippen molar-refractivity contribution < 1.29 is 4.74 Å². The summed E-state index contributed by atoms with van der Waals surface area (Å²) < 4.78 is 7.98. The second-order valence-corrected chi connectivity index (χ2v) is 4.33. The van der Waals surface area contributed by atoms with E-state index in [1.54, 1.807) is 0 Å². The van der Waals surface area contributed by atoms with E-state index in [0.717, 1.165) is 11.4 Å². The Bertz CT molecular complexity index is 629. The lowest BCUT2D eigenvalue weighted by Crippen LogP contribution is -1.99. The molecule has 0 fully saturated rings. The van der Waals surface area contributed by atoms with Gasteiger partial charge in [-0.2, -0.15) is 0 Å². The van der Waals surface area contributed by atoms with Crippen LogP contribution in [-0.2, 0) is 6.61 Å². The maximum atomic E-state index is 5.93. The Hall–Kier alpha value is -2.48. The second kappa shape index (κ2) is 5.44. The molecule has 0 saturated carbocycles. The molecule has 0 spiro atoms. The number of nitrogens with zero attached hydrogens (tertiary/aromatic N) is 1. The molecule has 2 heteroatoms. The predicted molar refractivity (Wildman–Crippen MR) is 76.5 cm³/mol. The van der Waals surface area contributed by atoms with Crippen molar-refractivity contribution in [2.45, 2.75) is 6.61 Å². The van der Waals surface area contributed by atoms with Crippen molar-refractivity contribution in [2.24, 2.45) is 0 Å². The molecule has 1 heterocycles. The fourth-order valence-corrected chi connectivity index (χ4v) is 2.02. The lowest BCUT2D eigenvalue weighted by molar-refractivity contribution is 0.305. The normalized spacial score (nSPS) is 10.3. The molecule has 0 radical (unpaired) electrons. The van der Waals surface area contributed by atoms with Gasteiger partial charge in [0.2, 0.25) is 0 Å². The molecule has 94 valence electrons. The van der Waals surface area contributed by atoms with Crippen LogP contribution < -0.4 is 4.74 Å². The van der Waals surface area contributed by atoms with Gasteiger partial charge in [0, 0.05) is 12.4 Å². The number of ether oxygens (including phenoxy) is 1. The van der Waals surface area contributed by atoms with Gasteiger partial charge in [-0.05, 0) is 29.8 Å². The number of aromatic nitrogens is 1. The van der Waals surface area contributed by atoms with Crippen LogP contribution in [0.4, 0.5) is 0 Å². The SMILES string of the molecule is c1ccc(COc2ccccc2-n2cccc2)cc1. The fraction of sp³-hybridized carbons (Fsp3) is 0.0588. The first-order chi connectivity index (χ1) is 9.43. The van der Waals surface area contributed by atoms with E-state index in [4.69, 9.17) is 4.74 Å². The molecule has 0 atom stereocenters. The standard InChI is InChI=1S/C17H15NO/c1-2-8-15(9-3-1)14-19-17-11-5-4-10-16(17)18-12-6-7-13-18/h1-13H,14H2. The van der Waals surface area contributed by atoms with Crippen molar-refractivity contribution >= 4 is 0 Å². The van der Waals surface area contributed by atoms with Gasteiger partial charge in [-0.25, -0.2) is 0 Å². The number of hydrogen-bond acceptors (Lipinski definition) is 1. The zero-order chi connectivity index (χ0) is 12.9. The van der Waals surface area contributed by atoms with Gasteiger partial charge in [0.25, 0.3) is 0 Å². The van der Waals surface area contributed by atoms with Gasteiger partial charge in [0.15, 0.2) is 0 Å². The quantitative estimate of drug-likeness (QED) is 0.680. The molecule has 3 rings (SSSR count). The van der Waals surface area contributed by atoms with Crippen molar-refractivity contribution in [2.75, 3.05) is 0 Å². The molecule has 0 saturated heterocycles. The second-order valence-electron chi connectivity index (χ2n) is 4.33. The Morgan fingerprint density at radius 3 is 2.21 bits per heavy atom. The van der Waals surface area contributed by atoms with Crippen molar-refractivity contribution in [3.05, 3.63) is 84.7 Å². The van der Waals surface area contributed by atoms with E-state index < -0.39 is 0 Å². The van der Waals surface area contributed by atoms with Crippen LogP contribution in [0.5, 0.6) is 5.75 Å². The monoisotopic (exact) mass is 249 g/mol. The molecular weight excluding hydrogens is 234 g/mol. The molecule has 3 aromatic rings. The van der Waals surface area contributed by atoms with E-state index >= 15 is 0 Å². The summed E-state index contributed by atoms with van der Waals surface area (Å²) in [5.74, 6) is 0.891. The lowest BCUT2D eigenvalue weighted by atomic mass is 10.2. The Balaban J connectivity index is 1.82. The van der Waals surface area contributed by atoms with Crippen LogP contribution >= 0.6 is 0 Å². The van der Waals surface area contributed by atoms with Crippen LogP contribution in [0, 0.1) is 0 Å². The number of benzene rings is 2. The number of hydrogen-bond donors (Lipinski definition) is 0. The van der Waals surface area contributed by atoms with Crippen LogP contribution in [0.1, 0.15) is 5.56 Å². The topological polar surface area (TPSA) is 14.2 Å². The maximum Gasteiger partial charge on any atom is 0.143 e. The largest absolute Gasteiger partial charge is 0.487 e. The average molecular weight is 249 g/mol. The summed E-state index contributed by atoms with van der Waals surface area (Å²) in [6, 6.07) is 22.3. The molecule has 2 nitrogen and oxygen atoms in total. The molecule has 0 amide bonds. The maximum absolute atomic E-state index is 5.93. The average Bonchev–Trinajstić information content (AvgIpc) is 3.01. The van der Waals surface area contributed by atoms with Crippen LogP contribution in [0.3, 0.4) is 0 Å². The highest BCUT2D eigenvalue weighted by Gasteiger charge is 2.04. The molecule has 0 N–H and O–H groups in total. The zero-order valence-electron chi connectivity index (χ0n) is 10.6. The first kappa shape index (κ1) is 11.6. The summed E-state index contributed by atoms with van der Waals surface area (Å²) in [4.78, 5) is 0. The first-order valence-corrected chi connectivity index (χ1v) is 6.32. The minimum Gasteiger partial charge on any atom is -0.487 e. The molecule has 19 heavy (non-hydrogen) atoms. The van der Waals surface area contributed by atoms with Gasteiger partial charge >= 0.3 is 0 Å². The Morgan fingerprint density at radius 1 is 0.737 bits per heavy atom. The third-order valence-corrected chi connectivity index (χ3v) is 2.99. The highest BCUT2D eigenvalue weighted by molar-refractivity contribution is 5.46. The highest BCUT2D eigenvalue weighted by atomic mass is 16.5. The molecule has 0 aliphatic carbocycles. The van der Waals surface area contributed by atoms with E-state index in [9.17, 15) is 0 Å². The van der Waals surface area contributed by atoms with Crippen molar-refractivity contribution in [1.29, 1.82) is 0 Å². The summed E-state index contributed by atoms with van der Waals surface area (Å²) in [5.41, 5.74) is 2.23. The highest BCUT2D eigenvalue weighted by Crippen LogP contribution is 2.23. The molecule has 0 unspecified atom stereocenters. The van der Waals surface area contributed by atoms with Gasteiger partial charge in [-0.3, -0.25) is 0 Å². The van der Waals surface area contributed by atoms with E-state index in [1.807, 2.05) is 60.9 Å². The molecule has 0 aliphatic heterocycles. The Morgan fingerprint density at radius 2 is 1.42 bits per heavy atom. The van der Waals surface area contributed by atoms with Gasteiger partial charge < -0.3 is 9.30 Å². The van der Waals surface area contributed by atoms with Crippen LogP contribution in [-0.4, -0.2) is 4.57 Å². The third-order valence-electron chi connectivity index (χ3n) is 2.99. The smallest absolute Gasteiger partial charge is 0.143 e. The van der Waals surface area contributed by atoms with Crippen molar-refractivity contribution in [3.8, 4) is 11.4 Å². The van der Waals surface area contributed by atoms with E-state index in [0.29, 0.717) is 6.61 Å². The predicted octanol–water partition coefficient (Wildman–Crippen LogP) is 4.06. The molecule has 0 bridgehead atoms. The van der Waals surface area contributed by atoms with Crippen molar-refractivity contribution in [3.63, 3.8) is 0 Å². The first-order valence-electron chi connectivity index (χ1n) is 6.32. The van der Waals surface area contributed by atoms with Gasteiger partial charge in [0.1, 0.15) is 12.4 Å². The minimum atomic E-state index is 0.582. The Kier molecular flexibility index (Phi) is 3.32. The number of para-hydroxylation sites is 2. The lowest BCUT2D eigenvalue weighted by Gasteiger charge is -2.12. The van der Waals surface area contributed by atoms with Crippen molar-refractivity contribution in [1.82, 2.24) is 4.57 Å². The summed E-state index contributed by atoms with van der Waals surface area (Å²) >= 11 is 0. The summed E-state index contributed by atoms with van der Waals surface area (Å²) in [7, 11) is 0. The summed E-state index contributed by atoms with van der Waals surface area (Å²) in [5, 5.41) is 0. The molecule has 2 aromatic carbocycles. The van der Waals surface area contributed by atoms with E-state index in [1.165, 1.54) is 5.56 Å². The van der Waals surface area contributed by atoms with Gasteiger partial charge in [-0.1, -0.05) is 42.5 Å². The van der Waals surface area contributed by atoms with Crippen LogP contribution in [0.2, 0.25) is 0 Å². The van der Waals surface area contributed by atoms with Gasteiger partial charge in [0.05, 0.1) is 5.69 Å². The summed E-state index contributed by atoms with van der Waals surface area (Å²) in [6.07, 6.45) is 4.04. The molecular formula is C17H15NO. The number of rotatable bonds is 4. The van der Waals surface area contributed by atoms with E-state index in [2.05, 4.69) is 22.8 Å². The summed E-state index contributed by atoms with van der Waals surface area (Å²) in [6.45, 7) is 0.582. The Labute approximate surface area is 112 Å².